The Bertz CT molecular complexity index is 374. The molecular formula is C24H54O6S3Si2. The maximum absolute atomic E-state index is 6.20. The molecule has 0 atom stereocenters. The predicted molar refractivity (Wildman–Crippen MR) is 160 cm³/mol. The molecule has 0 fully saturated rings. The average molecular weight is 591 g/mol. The van der Waals surface area contributed by atoms with Crippen molar-refractivity contribution in [3.05, 3.63) is 0 Å². The van der Waals surface area contributed by atoms with Gasteiger partial charge in [-0.15, -0.1) is 0 Å². The number of rotatable bonds is 28. The molecule has 0 amide bonds. The minimum absolute atomic E-state index is 0.716. The van der Waals surface area contributed by atoms with Crippen LogP contribution < -0.4 is 0 Å². The fraction of sp³-hybridized carbons (Fsp3) is 1.00. The van der Waals surface area contributed by atoms with Crippen molar-refractivity contribution in [2.75, 3.05) is 51.1 Å². The normalized spacial score (nSPS) is 12.5. The molecule has 11 heteroatoms. The van der Waals surface area contributed by atoms with Gasteiger partial charge in [0, 0.05) is 63.2 Å². The van der Waals surface area contributed by atoms with Crippen LogP contribution in [0.25, 0.3) is 0 Å². The fourth-order valence-electron chi connectivity index (χ4n) is 3.03. The fourth-order valence-corrected chi connectivity index (χ4v) is 13.1. The largest absolute Gasteiger partial charge is 0.500 e. The van der Waals surface area contributed by atoms with Gasteiger partial charge in [-0.25, -0.2) is 0 Å². The van der Waals surface area contributed by atoms with E-state index in [2.05, 4.69) is 41.5 Å². The predicted octanol–water partition coefficient (Wildman–Crippen LogP) is 8.23. The molecule has 0 heterocycles. The molecule has 0 aromatic heterocycles. The monoisotopic (exact) mass is 590 g/mol. The Labute approximate surface area is 230 Å². The summed E-state index contributed by atoms with van der Waals surface area (Å²) in [6.45, 7) is 17.1. The zero-order valence-electron chi connectivity index (χ0n) is 23.4. The van der Waals surface area contributed by atoms with Crippen molar-refractivity contribution >= 4 is 49.0 Å². The lowest BCUT2D eigenvalue weighted by Crippen LogP contribution is -2.46. The van der Waals surface area contributed by atoms with E-state index in [4.69, 9.17) is 26.6 Å². The summed E-state index contributed by atoms with van der Waals surface area (Å²) in [6, 6.07) is 1.80. The van der Waals surface area contributed by atoms with E-state index >= 15 is 0 Å². The summed E-state index contributed by atoms with van der Waals surface area (Å²) in [6.07, 6.45) is 8.03. The van der Waals surface area contributed by atoms with Gasteiger partial charge in [0.05, 0.1) is 0 Å². The Hall–Kier alpha value is 1.24. The molecule has 0 rings (SSSR count). The molecular weight excluding hydrogens is 537 g/mol. The highest BCUT2D eigenvalue weighted by atomic mass is 33.5. The maximum Gasteiger partial charge on any atom is 0.500 e. The molecule has 212 valence electrons. The van der Waals surface area contributed by atoms with Crippen LogP contribution in [0.15, 0.2) is 0 Å². The average Bonchev–Trinajstić information content (AvgIpc) is 2.88. The second-order valence-corrected chi connectivity index (χ2v) is 18.3. The van der Waals surface area contributed by atoms with E-state index < -0.39 is 17.6 Å². The van der Waals surface area contributed by atoms with Gasteiger partial charge in [0.2, 0.25) is 0 Å². The first kappa shape index (κ1) is 36.2. The molecule has 0 saturated carbocycles. The smallest absolute Gasteiger partial charge is 0.373 e. The highest BCUT2D eigenvalue weighted by molar-refractivity contribution is 9.09. The van der Waals surface area contributed by atoms with Crippen molar-refractivity contribution in [1.29, 1.82) is 0 Å². The van der Waals surface area contributed by atoms with Crippen molar-refractivity contribution in [3.63, 3.8) is 0 Å². The first-order chi connectivity index (χ1) is 17.1. The molecule has 0 aliphatic rings. The molecule has 0 aromatic rings. The van der Waals surface area contributed by atoms with Crippen LogP contribution in [0.4, 0.5) is 0 Å². The van der Waals surface area contributed by atoms with Crippen LogP contribution in [-0.4, -0.2) is 68.8 Å². The van der Waals surface area contributed by atoms with Crippen LogP contribution >= 0.6 is 31.4 Å². The van der Waals surface area contributed by atoms with E-state index in [1.807, 2.05) is 31.4 Å². The van der Waals surface area contributed by atoms with E-state index in [1.54, 1.807) is 0 Å². The molecule has 0 saturated heterocycles. The van der Waals surface area contributed by atoms with Gasteiger partial charge in [0.1, 0.15) is 0 Å². The standard InChI is InChI=1S/C24H54O6S3Si2/c1-7-15-25-34(26-16-8-2,27-17-9-3)23-13-21-31-33-32-22-14-24-35(28-18-10-4,29-19-11-5)30-20-12-6/h7-24H2,1-6H3. The Morgan fingerprint density at radius 3 is 0.914 bits per heavy atom. The second kappa shape index (κ2) is 25.5. The number of hydrogen-bond acceptors (Lipinski definition) is 9. The van der Waals surface area contributed by atoms with Crippen molar-refractivity contribution < 1.29 is 26.6 Å². The Kier molecular flexibility index (Phi) is 26.4. The molecule has 0 unspecified atom stereocenters. The SMILES string of the molecule is CCCO[Si](CCCSSSCCC[Si](OCCC)(OCCC)OCCC)(OCCC)OCCC. The highest BCUT2D eigenvalue weighted by Gasteiger charge is 2.41. The van der Waals surface area contributed by atoms with Crippen molar-refractivity contribution in [1.82, 2.24) is 0 Å². The van der Waals surface area contributed by atoms with Gasteiger partial charge in [-0.2, -0.15) is 0 Å². The zero-order valence-corrected chi connectivity index (χ0v) is 27.9. The lowest BCUT2D eigenvalue weighted by molar-refractivity contribution is 0.0585. The molecule has 0 radical (unpaired) electrons. The third-order valence-corrected chi connectivity index (χ3v) is 14.9. The van der Waals surface area contributed by atoms with Gasteiger partial charge in [0.15, 0.2) is 0 Å². The van der Waals surface area contributed by atoms with Crippen molar-refractivity contribution in [2.24, 2.45) is 0 Å². The Morgan fingerprint density at radius 1 is 0.429 bits per heavy atom. The zero-order chi connectivity index (χ0) is 26.1. The number of hydrogen-bond donors (Lipinski definition) is 0. The Morgan fingerprint density at radius 2 is 0.686 bits per heavy atom. The minimum Gasteiger partial charge on any atom is -0.373 e. The summed E-state index contributed by atoms with van der Waals surface area (Å²) in [4.78, 5) is 0. The summed E-state index contributed by atoms with van der Waals surface area (Å²) >= 11 is 0. The lowest BCUT2D eigenvalue weighted by Gasteiger charge is -2.29. The minimum atomic E-state index is -2.56. The molecule has 0 aliphatic heterocycles. The van der Waals surface area contributed by atoms with Gasteiger partial charge in [-0.05, 0) is 61.2 Å². The summed E-state index contributed by atoms with van der Waals surface area (Å²) in [5.74, 6) is 2.15. The van der Waals surface area contributed by atoms with E-state index in [0.29, 0.717) is 39.6 Å². The molecule has 0 N–H and O–H groups in total. The third-order valence-electron chi connectivity index (χ3n) is 4.67. The molecule has 6 nitrogen and oxygen atoms in total. The van der Waals surface area contributed by atoms with Crippen LogP contribution in [0.2, 0.25) is 12.1 Å². The van der Waals surface area contributed by atoms with Crippen LogP contribution in [-0.2, 0) is 26.6 Å². The van der Waals surface area contributed by atoms with Crippen molar-refractivity contribution in [2.45, 2.75) is 105 Å². The first-order valence-corrected chi connectivity index (χ1v) is 21.5. The van der Waals surface area contributed by atoms with Gasteiger partial charge in [-0.3, -0.25) is 0 Å². The van der Waals surface area contributed by atoms with Gasteiger partial charge in [0.25, 0.3) is 0 Å². The van der Waals surface area contributed by atoms with Gasteiger partial charge in [-0.1, -0.05) is 63.1 Å². The van der Waals surface area contributed by atoms with Crippen LogP contribution in [0, 0.1) is 0 Å². The molecule has 35 heavy (non-hydrogen) atoms. The van der Waals surface area contributed by atoms with Gasteiger partial charge >= 0.3 is 17.6 Å². The van der Waals surface area contributed by atoms with E-state index in [9.17, 15) is 0 Å². The maximum atomic E-state index is 6.20. The first-order valence-electron chi connectivity index (χ1n) is 13.8. The van der Waals surface area contributed by atoms with E-state index in [0.717, 1.165) is 75.0 Å². The van der Waals surface area contributed by atoms with Crippen LogP contribution in [0.5, 0.6) is 0 Å². The third kappa shape index (κ3) is 19.0. The summed E-state index contributed by atoms with van der Waals surface area (Å²) < 4.78 is 37.2. The van der Waals surface area contributed by atoms with Crippen LogP contribution in [0.3, 0.4) is 0 Å². The molecule has 0 bridgehead atoms. The summed E-state index contributed by atoms with van der Waals surface area (Å²) in [5.41, 5.74) is 0. The second-order valence-electron chi connectivity index (χ2n) is 8.38. The molecule has 0 aliphatic carbocycles. The lowest BCUT2D eigenvalue weighted by atomic mass is 10.5. The summed E-state index contributed by atoms with van der Waals surface area (Å²) in [5, 5.41) is 0. The van der Waals surface area contributed by atoms with Crippen LogP contribution in [0.1, 0.15) is 92.9 Å². The highest BCUT2D eigenvalue weighted by Crippen LogP contribution is 2.37. The summed E-state index contributed by atoms with van der Waals surface area (Å²) in [7, 11) is 0.595. The van der Waals surface area contributed by atoms with E-state index in [-0.39, 0.29) is 0 Å². The quantitative estimate of drug-likeness (QED) is 0.0509. The van der Waals surface area contributed by atoms with Crippen molar-refractivity contribution in [3.8, 4) is 0 Å². The molecule has 0 spiro atoms. The van der Waals surface area contributed by atoms with Gasteiger partial charge < -0.3 is 26.6 Å². The molecule has 0 aromatic carbocycles. The van der Waals surface area contributed by atoms with E-state index in [1.165, 1.54) is 0 Å². The Balaban J connectivity index is 4.39. The topological polar surface area (TPSA) is 55.4 Å².